The molecule has 0 fully saturated rings. The fourth-order valence-electron chi connectivity index (χ4n) is 0.752. The molecule has 2 N–H and O–H groups in total. The van der Waals surface area contributed by atoms with Crippen LogP contribution in [0.1, 0.15) is 6.42 Å². The molecule has 0 saturated heterocycles. The first-order valence-electron chi connectivity index (χ1n) is 4.35. The number of aliphatic carboxylic acids is 1. The normalized spacial score (nSPS) is 11.2. The van der Waals surface area contributed by atoms with Gasteiger partial charge in [0, 0.05) is 6.54 Å². The second-order valence-electron chi connectivity index (χ2n) is 2.74. The highest BCUT2D eigenvalue weighted by Crippen LogP contribution is 1.85. The molecule has 0 aromatic rings. The first kappa shape index (κ1) is 14.1. The minimum atomic E-state index is -3.72. The molecule has 0 spiro atoms. The summed E-state index contributed by atoms with van der Waals surface area (Å²) in [5, 5.41) is 8.26. The van der Waals surface area contributed by atoms with Crippen LogP contribution in [0.15, 0.2) is 12.7 Å². The van der Waals surface area contributed by atoms with Crippen LogP contribution in [-0.4, -0.2) is 45.0 Å². The van der Waals surface area contributed by atoms with Crippen molar-refractivity contribution in [3.63, 3.8) is 0 Å². The third-order valence-electron chi connectivity index (χ3n) is 1.35. The van der Waals surface area contributed by atoms with Gasteiger partial charge in [-0.2, -0.15) is 0 Å². The van der Waals surface area contributed by atoms with Gasteiger partial charge < -0.3 is 9.84 Å². The van der Waals surface area contributed by atoms with Crippen LogP contribution < -0.4 is 4.72 Å². The summed E-state index contributed by atoms with van der Waals surface area (Å²) in [6.07, 6.45) is 2.39. The Morgan fingerprint density at radius 2 is 2.13 bits per heavy atom. The van der Waals surface area contributed by atoms with E-state index >= 15 is 0 Å². The predicted octanol–water partition coefficient (Wildman–Crippen LogP) is -0.417. The SMILES string of the molecule is C=CCCOCCNS(=O)(=O)CC(=O)O. The number of ether oxygens (including phenoxy) is 1. The van der Waals surface area contributed by atoms with Crippen molar-refractivity contribution >= 4 is 16.0 Å². The second kappa shape index (κ2) is 7.38. The lowest BCUT2D eigenvalue weighted by Gasteiger charge is -2.04. The van der Waals surface area contributed by atoms with Gasteiger partial charge in [-0.1, -0.05) is 6.08 Å². The van der Waals surface area contributed by atoms with E-state index in [1.54, 1.807) is 6.08 Å². The fraction of sp³-hybridized carbons (Fsp3) is 0.625. The predicted molar refractivity (Wildman–Crippen MR) is 55.1 cm³/mol. The average Bonchev–Trinajstić information content (AvgIpc) is 2.08. The molecule has 0 saturated carbocycles. The number of hydrogen-bond donors (Lipinski definition) is 2. The Bertz CT molecular complexity index is 298. The maximum Gasteiger partial charge on any atom is 0.320 e. The lowest BCUT2D eigenvalue weighted by atomic mass is 10.5. The van der Waals surface area contributed by atoms with Crippen molar-refractivity contribution < 1.29 is 23.1 Å². The average molecular weight is 237 g/mol. The summed E-state index contributed by atoms with van der Waals surface area (Å²) < 4.78 is 29.1. The van der Waals surface area contributed by atoms with Crippen molar-refractivity contribution in [3.05, 3.63) is 12.7 Å². The molecule has 0 heterocycles. The summed E-state index contributed by atoms with van der Waals surface area (Å²) in [6.45, 7) is 4.26. The Morgan fingerprint density at radius 1 is 1.47 bits per heavy atom. The van der Waals surface area contributed by atoms with E-state index in [4.69, 9.17) is 9.84 Å². The van der Waals surface area contributed by atoms with Gasteiger partial charge in [0.15, 0.2) is 5.75 Å². The van der Waals surface area contributed by atoms with Crippen molar-refractivity contribution in [2.24, 2.45) is 0 Å². The van der Waals surface area contributed by atoms with Crippen LogP contribution in [0.4, 0.5) is 0 Å². The van der Waals surface area contributed by atoms with E-state index in [1.165, 1.54) is 0 Å². The summed E-state index contributed by atoms with van der Waals surface area (Å²) in [5.41, 5.74) is 0. The van der Waals surface area contributed by atoms with Gasteiger partial charge in [0.05, 0.1) is 13.2 Å². The number of carboxylic acid groups (broad SMARTS) is 1. The Hall–Kier alpha value is -0.920. The van der Waals surface area contributed by atoms with Gasteiger partial charge >= 0.3 is 5.97 Å². The van der Waals surface area contributed by atoms with Crippen molar-refractivity contribution in [2.45, 2.75) is 6.42 Å². The third kappa shape index (κ3) is 9.39. The molecule has 0 aliphatic rings. The molecule has 0 bridgehead atoms. The summed E-state index contributed by atoms with van der Waals surface area (Å²) in [6, 6.07) is 0. The van der Waals surface area contributed by atoms with Gasteiger partial charge in [-0.3, -0.25) is 4.79 Å². The fourth-order valence-corrected chi connectivity index (χ4v) is 1.57. The van der Waals surface area contributed by atoms with Crippen LogP contribution in [0, 0.1) is 0 Å². The smallest absolute Gasteiger partial charge is 0.320 e. The van der Waals surface area contributed by atoms with Crippen LogP contribution >= 0.6 is 0 Å². The Balaban J connectivity index is 3.58. The van der Waals surface area contributed by atoms with Crippen LogP contribution in [0.25, 0.3) is 0 Å². The second-order valence-corrected chi connectivity index (χ2v) is 4.54. The Morgan fingerprint density at radius 3 is 2.67 bits per heavy atom. The van der Waals surface area contributed by atoms with Crippen LogP contribution in [0.2, 0.25) is 0 Å². The molecule has 15 heavy (non-hydrogen) atoms. The number of rotatable bonds is 9. The molecule has 0 aliphatic heterocycles. The summed E-state index contributed by atoms with van der Waals surface area (Å²) >= 11 is 0. The van der Waals surface area contributed by atoms with E-state index < -0.39 is 21.7 Å². The molecular weight excluding hydrogens is 222 g/mol. The third-order valence-corrected chi connectivity index (χ3v) is 2.62. The largest absolute Gasteiger partial charge is 0.480 e. The van der Waals surface area contributed by atoms with Crippen LogP contribution in [-0.2, 0) is 19.6 Å². The molecule has 0 amide bonds. The molecule has 0 unspecified atom stereocenters. The molecule has 0 aromatic heterocycles. The summed E-state index contributed by atoms with van der Waals surface area (Å²) in [4.78, 5) is 10.1. The molecular formula is C8H15NO5S. The molecule has 0 atom stereocenters. The van der Waals surface area contributed by atoms with E-state index in [1.807, 2.05) is 0 Å². The molecule has 0 rings (SSSR count). The van der Waals surface area contributed by atoms with E-state index in [-0.39, 0.29) is 13.2 Å². The highest BCUT2D eigenvalue weighted by Gasteiger charge is 2.14. The summed E-state index contributed by atoms with van der Waals surface area (Å²) in [5.74, 6) is -2.30. The number of hydrogen-bond acceptors (Lipinski definition) is 4. The molecule has 0 aromatic carbocycles. The first-order valence-corrected chi connectivity index (χ1v) is 6.01. The maximum atomic E-state index is 11.0. The topological polar surface area (TPSA) is 92.7 Å². The minimum absolute atomic E-state index is 0.0761. The zero-order valence-electron chi connectivity index (χ0n) is 8.31. The quantitative estimate of drug-likeness (QED) is 0.420. The number of nitrogens with one attached hydrogen (secondary N) is 1. The lowest BCUT2D eigenvalue weighted by molar-refractivity contribution is -0.134. The van der Waals surface area contributed by atoms with Gasteiger partial charge in [0.2, 0.25) is 10.0 Å². The van der Waals surface area contributed by atoms with E-state index in [0.29, 0.717) is 13.0 Å². The lowest BCUT2D eigenvalue weighted by Crippen LogP contribution is -2.32. The number of carbonyl (C=O) groups is 1. The van der Waals surface area contributed by atoms with Crippen molar-refractivity contribution in [3.8, 4) is 0 Å². The van der Waals surface area contributed by atoms with E-state index in [0.717, 1.165) is 0 Å². The van der Waals surface area contributed by atoms with Crippen molar-refractivity contribution in [1.29, 1.82) is 0 Å². The van der Waals surface area contributed by atoms with Crippen molar-refractivity contribution in [1.82, 2.24) is 4.72 Å². The zero-order chi connectivity index (χ0) is 11.7. The Labute approximate surface area is 89.0 Å². The first-order chi connectivity index (χ1) is 6.98. The number of sulfonamides is 1. The molecule has 6 nitrogen and oxygen atoms in total. The maximum absolute atomic E-state index is 11.0. The minimum Gasteiger partial charge on any atom is -0.480 e. The van der Waals surface area contributed by atoms with Gasteiger partial charge in [0.25, 0.3) is 0 Å². The molecule has 7 heteroatoms. The highest BCUT2D eigenvalue weighted by molar-refractivity contribution is 7.90. The van der Waals surface area contributed by atoms with E-state index in [2.05, 4.69) is 11.3 Å². The number of carboxylic acids is 1. The van der Waals surface area contributed by atoms with Crippen LogP contribution in [0.5, 0.6) is 0 Å². The van der Waals surface area contributed by atoms with E-state index in [9.17, 15) is 13.2 Å². The van der Waals surface area contributed by atoms with Gasteiger partial charge in [0.1, 0.15) is 0 Å². The Kier molecular flexibility index (Phi) is 6.93. The standard InChI is InChI=1S/C8H15NO5S/c1-2-3-5-14-6-4-9-15(12,13)7-8(10)11/h2,9H,1,3-7H2,(H,10,11). The monoisotopic (exact) mass is 237 g/mol. The molecule has 88 valence electrons. The van der Waals surface area contributed by atoms with Gasteiger partial charge in [-0.05, 0) is 6.42 Å². The highest BCUT2D eigenvalue weighted by atomic mass is 32.2. The van der Waals surface area contributed by atoms with Crippen LogP contribution in [0.3, 0.4) is 0 Å². The van der Waals surface area contributed by atoms with Gasteiger partial charge in [-0.15, -0.1) is 6.58 Å². The summed E-state index contributed by atoms with van der Waals surface area (Å²) in [7, 11) is -3.72. The zero-order valence-corrected chi connectivity index (χ0v) is 9.12. The molecule has 0 radical (unpaired) electrons. The molecule has 0 aliphatic carbocycles. The van der Waals surface area contributed by atoms with Crippen molar-refractivity contribution in [2.75, 3.05) is 25.5 Å². The van der Waals surface area contributed by atoms with Gasteiger partial charge in [-0.25, -0.2) is 13.1 Å².